The van der Waals surface area contributed by atoms with Gasteiger partial charge in [0.1, 0.15) is 12.4 Å². The Hall–Kier alpha value is -4.42. The third-order valence-corrected chi connectivity index (χ3v) is 6.28. The van der Waals surface area contributed by atoms with E-state index in [1.807, 2.05) is 66.7 Å². The van der Waals surface area contributed by atoms with Gasteiger partial charge in [0.2, 0.25) is 10.9 Å². The Labute approximate surface area is 193 Å². The van der Waals surface area contributed by atoms with Crippen LogP contribution in [0.3, 0.4) is 0 Å². The zero-order valence-electron chi connectivity index (χ0n) is 18.1. The minimum absolute atomic E-state index is 0.104. The van der Waals surface area contributed by atoms with Crippen molar-refractivity contribution in [2.24, 2.45) is 0 Å². The van der Waals surface area contributed by atoms with E-state index in [1.54, 1.807) is 12.4 Å². The minimum atomic E-state index is -0.504. The van der Waals surface area contributed by atoms with E-state index in [4.69, 9.17) is 4.74 Å². The van der Waals surface area contributed by atoms with Crippen molar-refractivity contribution in [2.75, 3.05) is 0 Å². The van der Waals surface area contributed by atoms with Crippen LogP contribution in [0, 0.1) is 0 Å². The van der Waals surface area contributed by atoms with Crippen molar-refractivity contribution in [3.63, 3.8) is 0 Å². The Bertz CT molecular complexity index is 1730. The molecule has 34 heavy (non-hydrogen) atoms. The first-order chi connectivity index (χ1) is 16.6. The van der Waals surface area contributed by atoms with Crippen molar-refractivity contribution in [1.82, 2.24) is 9.97 Å². The number of fused-ring (bicyclic) bond motifs is 2. The summed E-state index contributed by atoms with van der Waals surface area (Å²) in [7, 11) is 0. The van der Waals surface area contributed by atoms with Crippen molar-refractivity contribution in [1.29, 1.82) is 0 Å². The van der Waals surface area contributed by atoms with Crippen molar-refractivity contribution >= 4 is 21.8 Å². The molecule has 0 aliphatic heterocycles. The molecule has 6 rings (SSSR count). The molecule has 2 aromatic heterocycles. The zero-order chi connectivity index (χ0) is 23.2. The van der Waals surface area contributed by atoms with Crippen LogP contribution in [0.4, 0.5) is 0 Å². The third-order valence-electron chi connectivity index (χ3n) is 6.28. The summed E-state index contributed by atoms with van der Waals surface area (Å²) in [4.78, 5) is 31.8. The third kappa shape index (κ3) is 3.16. The molecule has 0 spiro atoms. The van der Waals surface area contributed by atoms with Gasteiger partial charge in [-0.1, -0.05) is 36.4 Å². The van der Waals surface area contributed by atoms with Crippen molar-refractivity contribution in [3.05, 3.63) is 111 Å². The van der Waals surface area contributed by atoms with Gasteiger partial charge >= 0.3 is 0 Å². The van der Waals surface area contributed by atoms with Gasteiger partial charge in [-0.2, -0.15) is 0 Å². The quantitative estimate of drug-likeness (QED) is 0.323. The lowest BCUT2D eigenvalue weighted by molar-refractivity contribution is 0.282. The highest BCUT2D eigenvalue weighted by Gasteiger charge is 2.27. The average molecular weight is 448 g/mol. The maximum Gasteiger partial charge on any atom is 0.235 e. The van der Waals surface area contributed by atoms with Gasteiger partial charge in [0.05, 0.1) is 6.61 Å². The van der Waals surface area contributed by atoms with Crippen molar-refractivity contribution in [2.45, 2.75) is 13.2 Å². The monoisotopic (exact) mass is 448 g/mol. The van der Waals surface area contributed by atoms with Gasteiger partial charge in [-0.3, -0.25) is 9.59 Å². The topological polar surface area (TPSA) is 95.2 Å². The summed E-state index contributed by atoms with van der Waals surface area (Å²) in [6, 6.07) is 21.1. The second-order valence-electron chi connectivity index (χ2n) is 8.33. The first kappa shape index (κ1) is 20.2. The number of aromatic amines is 2. The van der Waals surface area contributed by atoms with E-state index in [0.29, 0.717) is 34.6 Å². The van der Waals surface area contributed by atoms with Crippen LogP contribution in [0.25, 0.3) is 44.1 Å². The molecule has 4 aromatic carbocycles. The van der Waals surface area contributed by atoms with Gasteiger partial charge in [-0.15, -0.1) is 0 Å². The summed E-state index contributed by atoms with van der Waals surface area (Å²) in [5, 5.41) is 11.1. The van der Waals surface area contributed by atoms with Gasteiger partial charge in [-0.05, 0) is 41.5 Å². The molecule has 0 unspecified atom stereocenters. The fourth-order valence-corrected chi connectivity index (χ4v) is 4.52. The van der Waals surface area contributed by atoms with Gasteiger partial charge in [0, 0.05) is 56.5 Å². The SMILES string of the molecule is O=c1c(-c2c[nH]c3ccc(CO)cc23)c(-c2c[nH]c3ccc(OCc4ccccc4)cc23)c1=O. The van der Waals surface area contributed by atoms with Crippen LogP contribution in [0.2, 0.25) is 0 Å². The zero-order valence-corrected chi connectivity index (χ0v) is 18.1. The van der Waals surface area contributed by atoms with Crippen LogP contribution in [0.5, 0.6) is 5.75 Å². The molecule has 0 aliphatic carbocycles. The molecule has 0 fully saturated rings. The maximum absolute atomic E-state index is 12.8. The minimum Gasteiger partial charge on any atom is -0.489 e. The molecular weight excluding hydrogens is 428 g/mol. The molecule has 6 aromatic rings. The number of ether oxygens (including phenoxy) is 1. The van der Waals surface area contributed by atoms with Crippen LogP contribution in [0.15, 0.2) is 88.7 Å². The molecule has 0 amide bonds. The summed E-state index contributed by atoms with van der Waals surface area (Å²) in [5.74, 6) is 0.678. The van der Waals surface area contributed by atoms with Crippen molar-refractivity contribution < 1.29 is 9.84 Å². The number of aromatic nitrogens is 2. The van der Waals surface area contributed by atoms with Gasteiger partial charge in [-0.25, -0.2) is 0 Å². The average Bonchev–Trinajstić information content (AvgIpc) is 3.49. The standard InChI is InChI=1S/C28H20N2O4/c31-14-17-6-8-23-19(10-17)21(12-29-23)25-26(28(33)27(25)32)22-13-30-24-9-7-18(11-20(22)24)34-15-16-4-2-1-3-5-16/h1-13,29-31H,14-15H2. The molecule has 0 bridgehead atoms. The largest absolute Gasteiger partial charge is 0.489 e. The lowest BCUT2D eigenvalue weighted by Gasteiger charge is -2.11. The fourth-order valence-electron chi connectivity index (χ4n) is 4.52. The second kappa shape index (κ2) is 7.86. The number of aliphatic hydroxyl groups excluding tert-OH is 1. The normalized spacial score (nSPS) is 11.6. The molecular formula is C28H20N2O4. The Kier molecular flexibility index (Phi) is 4.67. The van der Waals surface area contributed by atoms with Crippen LogP contribution < -0.4 is 15.6 Å². The molecule has 2 heterocycles. The van der Waals surface area contributed by atoms with Gasteiger partial charge in [0.15, 0.2) is 0 Å². The number of H-pyrrole nitrogens is 2. The summed E-state index contributed by atoms with van der Waals surface area (Å²) in [6.07, 6.45) is 3.51. The molecule has 0 atom stereocenters. The highest BCUT2D eigenvalue weighted by molar-refractivity contribution is 6.06. The predicted molar refractivity (Wildman–Crippen MR) is 133 cm³/mol. The van der Waals surface area contributed by atoms with Crippen LogP contribution in [-0.4, -0.2) is 15.1 Å². The van der Waals surface area contributed by atoms with E-state index in [-0.39, 0.29) is 6.61 Å². The highest BCUT2D eigenvalue weighted by Crippen LogP contribution is 2.37. The Morgan fingerprint density at radius 2 is 1.32 bits per heavy atom. The van der Waals surface area contributed by atoms with E-state index >= 15 is 0 Å². The second-order valence-corrected chi connectivity index (χ2v) is 8.33. The summed E-state index contributed by atoms with van der Waals surface area (Å²) in [5.41, 5.74) is 4.60. The number of hydrogen-bond donors (Lipinski definition) is 3. The van der Waals surface area contributed by atoms with Crippen LogP contribution >= 0.6 is 0 Å². The molecule has 6 heteroatoms. The van der Waals surface area contributed by atoms with Crippen molar-refractivity contribution in [3.8, 4) is 28.0 Å². The van der Waals surface area contributed by atoms with E-state index in [1.165, 1.54) is 0 Å². The first-order valence-electron chi connectivity index (χ1n) is 11.0. The molecule has 6 nitrogen and oxygen atoms in total. The number of benzene rings is 3. The maximum atomic E-state index is 12.8. The number of hydrogen-bond acceptors (Lipinski definition) is 4. The predicted octanol–water partition coefficient (Wildman–Crippen LogP) is 4.65. The summed E-state index contributed by atoms with van der Waals surface area (Å²) in [6.45, 7) is 0.327. The summed E-state index contributed by atoms with van der Waals surface area (Å²) >= 11 is 0. The lowest BCUT2D eigenvalue weighted by atomic mass is 9.88. The Balaban J connectivity index is 1.44. The fraction of sp³-hybridized carbons (Fsp3) is 0.0714. The van der Waals surface area contributed by atoms with Gasteiger partial charge in [0.25, 0.3) is 0 Å². The van der Waals surface area contributed by atoms with E-state index in [0.717, 1.165) is 32.9 Å². The number of nitrogens with one attached hydrogen (secondary N) is 2. The highest BCUT2D eigenvalue weighted by atomic mass is 16.5. The Morgan fingerprint density at radius 3 is 1.97 bits per heavy atom. The van der Waals surface area contributed by atoms with E-state index in [9.17, 15) is 14.7 Å². The van der Waals surface area contributed by atoms with E-state index in [2.05, 4.69) is 9.97 Å². The van der Waals surface area contributed by atoms with Crippen LogP contribution in [0.1, 0.15) is 11.1 Å². The van der Waals surface area contributed by atoms with Gasteiger partial charge < -0.3 is 19.8 Å². The Morgan fingerprint density at radius 1 is 0.706 bits per heavy atom. The molecule has 0 saturated heterocycles. The summed E-state index contributed by atoms with van der Waals surface area (Å²) < 4.78 is 5.98. The lowest BCUT2D eigenvalue weighted by Crippen LogP contribution is -2.34. The molecule has 3 N–H and O–H groups in total. The number of aliphatic hydroxyl groups is 1. The molecule has 166 valence electrons. The first-order valence-corrected chi connectivity index (χ1v) is 11.0. The van der Waals surface area contributed by atoms with Crippen LogP contribution in [-0.2, 0) is 13.2 Å². The van der Waals surface area contributed by atoms with E-state index < -0.39 is 10.9 Å². The molecule has 0 aliphatic rings. The smallest absolute Gasteiger partial charge is 0.235 e. The number of rotatable bonds is 6. The molecule has 0 radical (unpaired) electrons. The molecule has 0 saturated carbocycles.